The molecule has 0 amide bonds. The van der Waals surface area contributed by atoms with Gasteiger partial charge in [0.25, 0.3) is 0 Å². The van der Waals surface area contributed by atoms with Crippen LogP contribution in [0.25, 0.3) is 0 Å². The van der Waals surface area contributed by atoms with Crippen molar-refractivity contribution in [2.45, 2.75) is 33.2 Å². The van der Waals surface area contributed by atoms with E-state index in [4.69, 9.17) is 9.97 Å². The monoisotopic (exact) mass is 365 g/mol. The Bertz CT molecular complexity index is 732. The lowest BCUT2D eigenvalue weighted by Crippen LogP contribution is -2.46. The Labute approximate surface area is 163 Å². The third-order valence-corrected chi connectivity index (χ3v) is 5.84. The Kier molecular flexibility index (Phi) is 5.58. The molecule has 0 saturated carbocycles. The van der Waals surface area contributed by atoms with E-state index in [0.29, 0.717) is 0 Å². The van der Waals surface area contributed by atoms with Crippen molar-refractivity contribution in [1.82, 2.24) is 14.9 Å². The van der Waals surface area contributed by atoms with E-state index in [1.54, 1.807) is 0 Å². The third kappa shape index (κ3) is 4.59. The second-order valence-corrected chi connectivity index (χ2v) is 8.09. The number of piperidine rings is 1. The predicted octanol–water partition coefficient (Wildman–Crippen LogP) is 3.34. The minimum Gasteiger partial charge on any atom is -0.356 e. The van der Waals surface area contributed by atoms with Crippen molar-refractivity contribution in [2.75, 3.05) is 49.1 Å². The van der Waals surface area contributed by atoms with Gasteiger partial charge in [0, 0.05) is 57.6 Å². The fourth-order valence-electron chi connectivity index (χ4n) is 4.03. The van der Waals surface area contributed by atoms with Crippen molar-refractivity contribution < 1.29 is 0 Å². The van der Waals surface area contributed by atoms with Gasteiger partial charge in [-0.15, -0.1) is 0 Å². The highest BCUT2D eigenvalue weighted by Gasteiger charge is 2.22. The summed E-state index contributed by atoms with van der Waals surface area (Å²) in [5.41, 5.74) is 2.46. The number of piperazine rings is 1. The maximum absolute atomic E-state index is 4.94. The van der Waals surface area contributed by atoms with Crippen molar-refractivity contribution in [3.8, 4) is 0 Å². The van der Waals surface area contributed by atoms with Crippen molar-refractivity contribution in [3.63, 3.8) is 0 Å². The number of nitrogens with zero attached hydrogens (tertiary/aromatic N) is 5. The van der Waals surface area contributed by atoms with Crippen molar-refractivity contribution in [3.05, 3.63) is 47.7 Å². The first-order chi connectivity index (χ1) is 13.2. The normalized spacial score (nSPS) is 19.5. The van der Waals surface area contributed by atoms with Crippen LogP contribution in [0.4, 0.5) is 11.8 Å². The molecule has 0 bridgehead atoms. The molecule has 2 aliphatic heterocycles. The lowest BCUT2D eigenvalue weighted by atomic mass is 9.99. The van der Waals surface area contributed by atoms with E-state index in [2.05, 4.69) is 64.9 Å². The van der Waals surface area contributed by atoms with Crippen LogP contribution in [-0.2, 0) is 6.54 Å². The molecule has 1 aromatic heterocycles. The van der Waals surface area contributed by atoms with Gasteiger partial charge in [-0.25, -0.2) is 4.98 Å². The first-order valence-corrected chi connectivity index (χ1v) is 10.3. The van der Waals surface area contributed by atoms with Gasteiger partial charge in [-0.2, -0.15) is 4.98 Å². The van der Waals surface area contributed by atoms with Crippen LogP contribution >= 0.6 is 0 Å². The molecule has 2 saturated heterocycles. The summed E-state index contributed by atoms with van der Waals surface area (Å²) in [5.74, 6) is 2.85. The molecule has 2 fully saturated rings. The second-order valence-electron chi connectivity index (χ2n) is 8.09. The summed E-state index contributed by atoms with van der Waals surface area (Å²) in [6, 6.07) is 12.9. The molecule has 1 aromatic carbocycles. The predicted molar refractivity (Wildman–Crippen MR) is 111 cm³/mol. The van der Waals surface area contributed by atoms with Crippen LogP contribution in [0.15, 0.2) is 36.4 Å². The van der Waals surface area contributed by atoms with Gasteiger partial charge in [0.05, 0.1) is 0 Å². The minimum atomic E-state index is 0.835. The molecule has 5 nitrogen and oxygen atoms in total. The molecule has 3 heterocycles. The highest BCUT2D eigenvalue weighted by molar-refractivity contribution is 5.46. The quantitative estimate of drug-likeness (QED) is 0.830. The first kappa shape index (κ1) is 18.2. The van der Waals surface area contributed by atoms with Crippen LogP contribution in [0, 0.1) is 12.8 Å². The van der Waals surface area contributed by atoms with E-state index in [0.717, 1.165) is 69.2 Å². The molecule has 0 spiro atoms. The standard InChI is InChI=1S/C22H31N5/c1-18-8-10-26(11-9-18)21-16-19(2)23-22(24-21)27-14-12-25(13-15-27)17-20-6-4-3-5-7-20/h3-7,16,18H,8-15,17H2,1-2H3. The van der Waals surface area contributed by atoms with E-state index < -0.39 is 0 Å². The van der Waals surface area contributed by atoms with Gasteiger partial charge >= 0.3 is 0 Å². The van der Waals surface area contributed by atoms with Crippen LogP contribution in [0.1, 0.15) is 31.0 Å². The molecular weight excluding hydrogens is 334 g/mol. The molecule has 5 heteroatoms. The average Bonchev–Trinajstić information content (AvgIpc) is 2.69. The van der Waals surface area contributed by atoms with Crippen molar-refractivity contribution in [1.29, 1.82) is 0 Å². The summed E-state index contributed by atoms with van der Waals surface area (Å²) < 4.78 is 0. The Hall–Kier alpha value is -2.14. The van der Waals surface area contributed by atoms with E-state index in [9.17, 15) is 0 Å². The van der Waals surface area contributed by atoms with Crippen LogP contribution < -0.4 is 9.80 Å². The number of aromatic nitrogens is 2. The molecule has 2 aromatic rings. The smallest absolute Gasteiger partial charge is 0.227 e. The molecule has 4 rings (SSSR count). The number of aryl methyl sites for hydroxylation is 1. The van der Waals surface area contributed by atoms with Crippen molar-refractivity contribution >= 4 is 11.8 Å². The molecule has 2 aliphatic rings. The SMILES string of the molecule is Cc1cc(N2CCC(C)CC2)nc(N2CCN(Cc3ccccc3)CC2)n1. The van der Waals surface area contributed by atoms with Gasteiger partial charge in [-0.05, 0) is 31.2 Å². The maximum Gasteiger partial charge on any atom is 0.227 e. The van der Waals surface area contributed by atoms with Gasteiger partial charge < -0.3 is 9.80 Å². The zero-order valence-electron chi connectivity index (χ0n) is 16.6. The molecule has 0 N–H and O–H groups in total. The number of anilines is 2. The molecule has 0 unspecified atom stereocenters. The molecule has 0 atom stereocenters. The molecule has 27 heavy (non-hydrogen) atoms. The summed E-state index contributed by atoms with van der Waals surface area (Å²) in [5, 5.41) is 0. The van der Waals surface area contributed by atoms with Gasteiger partial charge in [0.1, 0.15) is 5.82 Å². The summed E-state index contributed by atoms with van der Waals surface area (Å²) in [6.45, 7) is 11.8. The van der Waals surface area contributed by atoms with E-state index in [-0.39, 0.29) is 0 Å². The van der Waals surface area contributed by atoms with Gasteiger partial charge in [0.15, 0.2) is 0 Å². The minimum absolute atomic E-state index is 0.835. The maximum atomic E-state index is 4.94. The van der Waals surface area contributed by atoms with E-state index in [1.165, 1.54) is 18.4 Å². The lowest BCUT2D eigenvalue weighted by Gasteiger charge is -2.36. The van der Waals surface area contributed by atoms with Gasteiger partial charge in [-0.3, -0.25) is 4.90 Å². The van der Waals surface area contributed by atoms with Crippen LogP contribution in [0.5, 0.6) is 0 Å². The summed E-state index contributed by atoms with van der Waals surface area (Å²) in [7, 11) is 0. The first-order valence-electron chi connectivity index (χ1n) is 10.3. The Morgan fingerprint density at radius 1 is 0.889 bits per heavy atom. The number of benzene rings is 1. The van der Waals surface area contributed by atoms with Gasteiger partial charge in [-0.1, -0.05) is 37.3 Å². The third-order valence-electron chi connectivity index (χ3n) is 5.84. The van der Waals surface area contributed by atoms with Crippen molar-refractivity contribution in [2.24, 2.45) is 5.92 Å². The zero-order valence-corrected chi connectivity index (χ0v) is 16.6. The molecule has 0 aliphatic carbocycles. The van der Waals surface area contributed by atoms with Crippen LogP contribution in [0.2, 0.25) is 0 Å². The van der Waals surface area contributed by atoms with E-state index in [1.807, 2.05) is 0 Å². The fourth-order valence-corrected chi connectivity index (χ4v) is 4.03. The zero-order chi connectivity index (χ0) is 18.6. The van der Waals surface area contributed by atoms with E-state index >= 15 is 0 Å². The molecule has 0 radical (unpaired) electrons. The Morgan fingerprint density at radius 3 is 2.30 bits per heavy atom. The molecule has 144 valence electrons. The van der Waals surface area contributed by atoms with Gasteiger partial charge in [0.2, 0.25) is 5.95 Å². The Morgan fingerprint density at radius 2 is 1.59 bits per heavy atom. The van der Waals surface area contributed by atoms with Crippen LogP contribution in [0.3, 0.4) is 0 Å². The number of rotatable bonds is 4. The summed E-state index contributed by atoms with van der Waals surface area (Å²) in [4.78, 5) is 17.0. The van der Waals surface area contributed by atoms with Crippen LogP contribution in [-0.4, -0.2) is 54.1 Å². The highest BCUT2D eigenvalue weighted by Crippen LogP contribution is 2.24. The average molecular weight is 366 g/mol. The summed E-state index contributed by atoms with van der Waals surface area (Å²) >= 11 is 0. The largest absolute Gasteiger partial charge is 0.356 e. The number of hydrogen-bond donors (Lipinski definition) is 0. The lowest BCUT2D eigenvalue weighted by molar-refractivity contribution is 0.248. The summed E-state index contributed by atoms with van der Waals surface area (Å²) in [6.07, 6.45) is 2.52. The Balaban J connectivity index is 1.39. The second kappa shape index (κ2) is 8.26. The topological polar surface area (TPSA) is 35.5 Å². The highest BCUT2D eigenvalue weighted by atomic mass is 15.3. The molecular formula is C22H31N5. The number of hydrogen-bond acceptors (Lipinski definition) is 5. The fraction of sp³-hybridized carbons (Fsp3) is 0.545.